The van der Waals surface area contributed by atoms with Gasteiger partial charge in [0.05, 0.1) is 0 Å². The van der Waals surface area contributed by atoms with Gasteiger partial charge in [-0.2, -0.15) is 0 Å². The fourth-order valence-electron chi connectivity index (χ4n) is 1.25. The van der Waals surface area contributed by atoms with Gasteiger partial charge in [-0.05, 0) is 0 Å². The van der Waals surface area contributed by atoms with Gasteiger partial charge < -0.3 is 5.11 Å². The summed E-state index contributed by atoms with van der Waals surface area (Å²) >= 11 is 0. The van der Waals surface area contributed by atoms with Crippen molar-refractivity contribution in [1.82, 2.24) is 0 Å². The maximum absolute atomic E-state index is 10.8. The number of hydrogen-bond acceptors (Lipinski definition) is 2. The molecule has 1 fully saturated rings. The Morgan fingerprint density at radius 1 is 1.67 bits per heavy atom. The Morgan fingerprint density at radius 2 is 2.44 bits per heavy atom. The van der Waals surface area contributed by atoms with E-state index in [-0.39, 0.29) is 12.6 Å². The lowest BCUT2D eigenvalue weighted by molar-refractivity contribution is -0.565. The number of nitroso groups, excluding NO2 is 1. The molecule has 3 nitrogen and oxygen atoms in total. The maximum atomic E-state index is 10.8. The molecular formula is C6H12NO2+. The third-order valence-electron chi connectivity index (χ3n) is 1.79. The fourth-order valence-corrected chi connectivity index (χ4v) is 1.25. The van der Waals surface area contributed by atoms with Crippen LogP contribution in [0.2, 0.25) is 0 Å². The van der Waals surface area contributed by atoms with Crippen molar-refractivity contribution in [3.63, 3.8) is 0 Å². The Morgan fingerprint density at radius 3 is 2.89 bits per heavy atom. The second-order valence-corrected chi connectivity index (χ2v) is 2.45. The zero-order valence-corrected chi connectivity index (χ0v) is 5.42. The van der Waals surface area contributed by atoms with E-state index in [0.717, 1.165) is 17.6 Å². The third-order valence-corrected chi connectivity index (χ3v) is 1.79. The summed E-state index contributed by atoms with van der Waals surface area (Å²) in [5.74, 6) is 0. The van der Waals surface area contributed by atoms with Crippen LogP contribution < -0.4 is 0 Å². The van der Waals surface area contributed by atoms with E-state index in [1.54, 1.807) is 0 Å². The van der Waals surface area contributed by atoms with Crippen LogP contribution in [-0.2, 0) is 0 Å². The number of aliphatic hydroxyl groups excluding tert-OH is 1. The highest BCUT2D eigenvalue weighted by Crippen LogP contribution is 2.13. The molecule has 0 spiro atoms. The average molecular weight is 130 g/mol. The van der Waals surface area contributed by atoms with Crippen LogP contribution in [0, 0.1) is 4.91 Å². The minimum atomic E-state index is 0.106. The Hall–Kier alpha value is -0.440. The van der Waals surface area contributed by atoms with E-state index in [1.165, 1.54) is 0 Å². The fraction of sp³-hybridized carbons (Fsp3) is 1.00. The smallest absolute Gasteiger partial charge is 0.203 e. The molecule has 9 heavy (non-hydrogen) atoms. The minimum Gasteiger partial charge on any atom is -0.396 e. The van der Waals surface area contributed by atoms with Crippen LogP contribution in [-0.4, -0.2) is 29.1 Å². The third kappa shape index (κ3) is 1.48. The predicted octanol–water partition coefficient (Wildman–Crippen LogP) is 0.310. The molecule has 1 aliphatic rings. The molecule has 0 aromatic carbocycles. The molecule has 1 atom stereocenters. The lowest BCUT2D eigenvalue weighted by Crippen LogP contribution is -2.17. The van der Waals surface area contributed by atoms with E-state index in [9.17, 15) is 4.91 Å². The SMILES string of the molecule is O=[N+]1CCCC1CCO. The lowest BCUT2D eigenvalue weighted by Gasteiger charge is -1.95. The van der Waals surface area contributed by atoms with Crippen molar-refractivity contribution in [1.29, 1.82) is 0 Å². The van der Waals surface area contributed by atoms with Gasteiger partial charge in [0, 0.05) is 35.5 Å². The van der Waals surface area contributed by atoms with Crippen molar-refractivity contribution in [2.75, 3.05) is 13.2 Å². The predicted molar refractivity (Wildman–Crippen MR) is 33.2 cm³/mol. The zero-order valence-electron chi connectivity index (χ0n) is 5.42. The first kappa shape index (κ1) is 6.68. The minimum absolute atomic E-state index is 0.106. The Bertz CT molecular complexity index is 114. The quantitative estimate of drug-likeness (QED) is 0.546. The number of rotatable bonds is 2. The molecule has 1 N–H and O–H groups in total. The summed E-state index contributed by atoms with van der Waals surface area (Å²) in [6.45, 7) is 0.800. The molecule has 0 radical (unpaired) electrons. The van der Waals surface area contributed by atoms with Crippen molar-refractivity contribution in [3.05, 3.63) is 4.91 Å². The molecule has 0 aromatic heterocycles. The van der Waals surface area contributed by atoms with Crippen LogP contribution in [0.25, 0.3) is 0 Å². The van der Waals surface area contributed by atoms with E-state index in [0.29, 0.717) is 13.0 Å². The number of aliphatic hydroxyl groups is 1. The van der Waals surface area contributed by atoms with E-state index in [1.807, 2.05) is 0 Å². The summed E-state index contributed by atoms with van der Waals surface area (Å²) in [5, 5.41) is 8.48. The van der Waals surface area contributed by atoms with Gasteiger partial charge in [-0.1, -0.05) is 0 Å². The monoisotopic (exact) mass is 130 g/mol. The van der Waals surface area contributed by atoms with Gasteiger partial charge in [-0.15, -0.1) is 0 Å². The van der Waals surface area contributed by atoms with Gasteiger partial charge in [0.25, 0.3) is 0 Å². The number of nitrogens with zero attached hydrogens (tertiary/aromatic N) is 1. The van der Waals surface area contributed by atoms with Crippen LogP contribution in [0.5, 0.6) is 0 Å². The van der Waals surface area contributed by atoms with Crippen molar-refractivity contribution in [2.45, 2.75) is 25.3 Å². The topological polar surface area (TPSA) is 40.3 Å². The first-order valence-corrected chi connectivity index (χ1v) is 3.39. The van der Waals surface area contributed by atoms with Crippen molar-refractivity contribution in [2.24, 2.45) is 0 Å². The van der Waals surface area contributed by atoms with Crippen LogP contribution in [0.4, 0.5) is 0 Å². The molecule has 1 aliphatic heterocycles. The highest BCUT2D eigenvalue weighted by atomic mass is 16.3. The molecule has 0 saturated carbocycles. The molecule has 1 heterocycles. The van der Waals surface area contributed by atoms with Crippen LogP contribution >= 0.6 is 0 Å². The Balaban J connectivity index is 2.31. The maximum Gasteiger partial charge on any atom is 0.203 e. The second kappa shape index (κ2) is 2.92. The lowest BCUT2D eigenvalue weighted by atomic mass is 10.2. The molecule has 0 aliphatic carbocycles. The van der Waals surface area contributed by atoms with Crippen molar-refractivity contribution in [3.8, 4) is 0 Å². The molecule has 3 heteroatoms. The largest absolute Gasteiger partial charge is 0.396 e. The van der Waals surface area contributed by atoms with Gasteiger partial charge in [0.15, 0.2) is 6.54 Å². The van der Waals surface area contributed by atoms with Crippen molar-refractivity contribution >= 4 is 0 Å². The molecule has 0 bridgehead atoms. The van der Waals surface area contributed by atoms with E-state index in [2.05, 4.69) is 0 Å². The van der Waals surface area contributed by atoms with Crippen LogP contribution in [0.3, 0.4) is 0 Å². The molecule has 52 valence electrons. The van der Waals surface area contributed by atoms with Gasteiger partial charge >= 0.3 is 0 Å². The van der Waals surface area contributed by atoms with E-state index in [4.69, 9.17) is 5.11 Å². The summed E-state index contributed by atoms with van der Waals surface area (Å²) in [7, 11) is 0. The van der Waals surface area contributed by atoms with Crippen LogP contribution in [0.1, 0.15) is 19.3 Å². The summed E-state index contributed by atoms with van der Waals surface area (Å²) in [6.07, 6.45) is 2.60. The molecule has 1 saturated heterocycles. The summed E-state index contributed by atoms with van der Waals surface area (Å²) in [6, 6.07) is 0.106. The van der Waals surface area contributed by atoms with E-state index >= 15 is 0 Å². The summed E-state index contributed by atoms with van der Waals surface area (Å²) < 4.78 is 1.08. The van der Waals surface area contributed by atoms with Gasteiger partial charge in [0.2, 0.25) is 6.04 Å². The van der Waals surface area contributed by atoms with Gasteiger partial charge in [0.1, 0.15) is 0 Å². The molecule has 1 unspecified atom stereocenters. The highest BCUT2D eigenvalue weighted by molar-refractivity contribution is 4.60. The molecular weight excluding hydrogens is 118 g/mol. The molecule has 0 aromatic rings. The summed E-state index contributed by atoms with van der Waals surface area (Å²) in [5.41, 5.74) is 0. The van der Waals surface area contributed by atoms with Gasteiger partial charge in [-0.25, -0.2) is 0 Å². The van der Waals surface area contributed by atoms with Gasteiger partial charge in [-0.3, -0.25) is 0 Å². The van der Waals surface area contributed by atoms with Crippen molar-refractivity contribution < 1.29 is 9.87 Å². The Kier molecular flexibility index (Phi) is 2.16. The van der Waals surface area contributed by atoms with Crippen LogP contribution in [0.15, 0.2) is 0 Å². The van der Waals surface area contributed by atoms with E-state index < -0.39 is 0 Å². The second-order valence-electron chi connectivity index (χ2n) is 2.45. The Labute approximate surface area is 54.3 Å². The standard InChI is InChI=1S/C6H12NO2/c8-5-3-6-2-1-4-7(6)9/h6,8H,1-5H2/q+1. The molecule has 0 amide bonds. The first-order valence-electron chi connectivity index (χ1n) is 3.39. The summed E-state index contributed by atoms with van der Waals surface area (Å²) in [4.78, 5) is 10.8. The molecule has 1 rings (SSSR count). The number of hydrogen-bond donors (Lipinski definition) is 1. The highest BCUT2D eigenvalue weighted by Gasteiger charge is 2.30. The average Bonchev–Trinajstić information content (AvgIpc) is 2.18. The zero-order chi connectivity index (χ0) is 6.69. The normalized spacial score (nSPS) is 27.2. The first-order chi connectivity index (χ1) is 4.34.